The van der Waals surface area contributed by atoms with E-state index in [2.05, 4.69) is 23.4 Å². The summed E-state index contributed by atoms with van der Waals surface area (Å²) in [6, 6.07) is 0.619. The van der Waals surface area contributed by atoms with E-state index in [4.69, 9.17) is 5.73 Å². The third kappa shape index (κ3) is 3.63. The van der Waals surface area contributed by atoms with Crippen LogP contribution in [0, 0.1) is 0 Å². The van der Waals surface area contributed by atoms with Gasteiger partial charge in [-0.05, 0) is 19.4 Å². The van der Waals surface area contributed by atoms with E-state index in [1.165, 1.54) is 37.8 Å². The minimum atomic E-state index is 0.619. The van der Waals surface area contributed by atoms with Crippen LogP contribution in [0.4, 0.5) is 0 Å². The zero-order chi connectivity index (χ0) is 11.8. The highest BCUT2D eigenvalue weighted by Gasteiger charge is 2.12. The second-order valence-electron chi connectivity index (χ2n) is 4.42. The number of rotatable bonds is 8. The SMILES string of the molecule is CCCCC(CCC)n1cncc1CCN. The molecular weight excluding hydrogens is 198 g/mol. The molecule has 0 spiro atoms. The lowest BCUT2D eigenvalue weighted by Gasteiger charge is -2.20. The van der Waals surface area contributed by atoms with E-state index >= 15 is 0 Å². The Labute approximate surface area is 99.1 Å². The van der Waals surface area contributed by atoms with E-state index in [0.717, 1.165) is 6.42 Å². The monoisotopic (exact) mass is 223 g/mol. The topological polar surface area (TPSA) is 43.8 Å². The number of imidazole rings is 1. The zero-order valence-electron chi connectivity index (χ0n) is 10.7. The summed E-state index contributed by atoms with van der Waals surface area (Å²) in [5.74, 6) is 0. The molecule has 1 heterocycles. The molecule has 1 atom stereocenters. The first-order chi connectivity index (χ1) is 7.83. The standard InChI is InChI=1S/C13H25N3/c1-3-5-7-12(6-4-2)16-11-15-10-13(16)8-9-14/h10-12H,3-9,14H2,1-2H3. The smallest absolute Gasteiger partial charge is 0.0950 e. The maximum Gasteiger partial charge on any atom is 0.0950 e. The van der Waals surface area contributed by atoms with Gasteiger partial charge in [0.05, 0.1) is 6.33 Å². The molecule has 2 N–H and O–H groups in total. The lowest BCUT2D eigenvalue weighted by Crippen LogP contribution is -2.14. The second kappa shape index (κ2) is 7.44. The van der Waals surface area contributed by atoms with E-state index in [1.54, 1.807) is 0 Å². The van der Waals surface area contributed by atoms with E-state index in [0.29, 0.717) is 12.6 Å². The highest BCUT2D eigenvalue weighted by Crippen LogP contribution is 2.22. The van der Waals surface area contributed by atoms with Gasteiger partial charge in [-0.3, -0.25) is 0 Å². The number of hydrogen-bond donors (Lipinski definition) is 1. The molecule has 0 aliphatic heterocycles. The van der Waals surface area contributed by atoms with Crippen molar-refractivity contribution < 1.29 is 0 Å². The lowest BCUT2D eigenvalue weighted by atomic mass is 10.0. The van der Waals surface area contributed by atoms with Crippen molar-refractivity contribution in [1.29, 1.82) is 0 Å². The van der Waals surface area contributed by atoms with Gasteiger partial charge in [0.1, 0.15) is 0 Å². The van der Waals surface area contributed by atoms with Crippen molar-refractivity contribution in [1.82, 2.24) is 9.55 Å². The molecule has 0 aromatic carbocycles. The normalized spacial score (nSPS) is 12.9. The van der Waals surface area contributed by atoms with Crippen LogP contribution in [0.15, 0.2) is 12.5 Å². The van der Waals surface area contributed by atoms with E-state index in [-0.39, 0.29) is 0 Å². The fourth-order valence-electron chi connectivity index (χ4n) is 2.20. The Hall–Kier alpha value is -0.830. The summed E-state index contributed by atoms with van der Waals surface area (Å²) in [5.41, 5.74) is 6.91. The summed E-state index contributed by atoms with van der Waals surface area (Å²) in [4.78, 5) is 4.26. The summed E-state index contributed by atoms with van der Waals surface area (Å²) >= 11 is 0. The highest BCUT2D eigenvalue weighted by molar-refractivity contribution is 5.01. The van der Waals surface area contributed by atoms with E-state index in [9.17, 15) is 0 Å². The number of nitrogens with zero attached hydrogens (tertiary/aromatic N) is 2. The molecule has 3 heteroatoms. The van der Waals surface area contributed by atoms with Crippen molar-refractivity contribution >= 4 is 0 Å². The van der Waals surface area contributed by atoms with Crippen LogP contribution in [0.2, 0.25) is 0 Å². The number of unbranched alkanes of at least 4 members (excludes halogenated alkanes) is 1. The fourth-order valence-corrected chi connectivity index (χ4v) is 2.20. The first-order valence-electron chi connectivity index (χ1n) is 6.54. The molecule has 1 aromatic heterocycles. The molecule has 0 fully saturated rings. The predicted molar refractivity (Wildman–Crippen MR) is 68.5 cm³/mol. The molecule has 0 radical (unpaired) electrons. The summed E-state index contributed by atoms with van der Waals surface area (Å²) in [7, 11) is 0. The van der Waals surface area contributed by atoms with Gasteiger partial charge in [-0.15, -0.1) is 0 Å². The molecule has 0 bridgehead atoms. The molecule has 0 aliphatic rings. The predicted octanol–water partition coefficient (Wildman–Crippen LogP) is 2.92. The number of hydrogen-bond acceptors (Lipinski definition) is 2. The Kier molecular flexibility index (Phi) is 6.16. The minimum absolute atomic E-state index is 0.619. The van der Waals surface area contributed by atoms with E-state index < -0.39 is 0 Å². The van der Waals surface area contributed by atoms with Gasteiger partial charge in [0.15, 0.2) is 0 Å². The van der Waals surface area contributed by atoms with Gasteiger partial charge >= 0.3 is 0 Å². The van der Waals surface area contributed by atoms with Crippen molar-refractivity contribution in [3.63, 3.8) is 0 Å². The molecule has 1 rings (SSSR count). The van der Waals surface area contributed by atoms with Crippen molar-refractivity contribution in [2.24, 2.45) is 5.73 Å². The minimum Gasteiger partial charge on any atom is -0.332 e. The molecule has 0 amide bonds. The molecule has 0 saturated heterocycles. The van der Waals surface area contributed by atoms with Gasteiger partial charge in [0.2, 0.25) is 0 Å². The quantitative estimate of drug-likeness (QED) is 0.736. The van der Waals surface area contributed by atoms with Gasteiger partial charge in [-0.1, -0.05) is 33.1 Å². The van der Waals surface area contributed by atoms with Crippen molar-refractivity contribution in [3.05, 3.63) is 18.2 Å². The zero-order valence-corrected chi connectivity index (χ0v) is 10.7. The third-order valence-electron chi connectivity index (χ3n) is 3.05. The summed E-state index contributed by atoms with van der Waals surface area (Å²) < 4.78 is 2.34. The number of aromatic nitrogens is 2. The Balaban J connectivity index is 2.70. The fraction of sp³-hybridized carbons (Fsp3) is 0.769. The van der Waals surface area contributed by atoms with Gasteiger partial charge in [-0.25, -0.2) is 4.98 Å². The Morgan fingerprint density at radius 1 is 1.31 bits per heavy atom. The van der Waals surface area contributed by atoms with Crippen LogP contribution in [0.25, 0.3) is 0 Å². The third-order valence-corrected chi connectivity index (χ3v) is 3.05. The van der Waals surface area contributed by atoms with Crippen LogP contribution >= 0.6 is 0 Å². The maximum atomic E-state index is 5.62. The highest BCUT2D eigenvalue weighted by atomic mass is 15.1. The summed E-state index contributed by atoms with van der Waals surface area (Å²) in [5, 5.41) is 0. The average molecular weight is 223 g/mol. The van der Waals surface area contributed by atoms with Crippen molar-refractivity contribution in [2.75, 3.05) is 6.54 Å². The van der Waals surface area contributed by atoms with E-state index in [1.807, 2.05) is 12.5 Å². The molecule has 3 nitrogen and oxygen atoms in total. The molecular formula is C13H25N3. The molecule has 0 aliphatic carbocycles. The largest absolute Gasteiger partial charge is 0.332 e. The lowest BCUT2D eigenvalue weighted by molar-refractivity contribution is 0.407. The maximum absolute atomic E-state index is 5.62. The van der Waals surface area contributed by atoms with Crippen LogP contribution in [-0.2, 0) is 6.42 Å². The average Bonchev–Trinajstić information content (AvgIpc) is 2.73. The van der Waals surface area contributed by atoms with Gasteiger partial charge in [0.25, 0.3) is 0 Å². The van der Waals surface area contributed by atoms with Gasteiger partial charge in [-0.2, -0.15) is 0 Å². The summed E-state index contributed by atoms with van der Waals surface area (Å²) in [6.07, 6.45) is 11.2. The van der Waals surface area contributed by atoms with Crippen LogP contribution in [-0.4, -0.2) is 16.1 Å². The molecule has 1 aromatic rings. The number of nitrogens with two attached hydrogens (primary N) is 1. The molecule has 92 valence electrons. The van der Waals surface area contributed by atoms with Crippen LogP contribution in [0.3, 0.4) is 0 Å². The first-order valence-corrected chi connectivity index (χ1v) is 6.54. The van der Waals surface area contributed by atoms with Crippen LogP contribution in [0.1, 0.15) is 57.7 Å². The molecule has 16 heavy (non-hydrogen) atoms. The Morgan fingerprint density at radius 2 is 2.12 bits per heavy atom. The Morgan fingerprint density at radius 3 is 2.75 bits per heavy atom. The molecule has 0 saturated carbocycles. The van der Waals surface area contributed by atoms with Gasteiger partial charge < -0.3 is 10.3 Å². The van der Waals surface area contributed by atoms with Gasteiger partial charge in [0, 0.05) is 24.4 Å². The van der Waals surface area contributed by atoms with Crippen molar-refractivity contribution in [3.8, 4) is 0 Å². The Bertz CT molecular complexity index is 280. The second-order valence-corrected chi connectivity index (χ2v) is 4.42. The summed E-state index contributed by atoms with van der Waals surface area (Å²) in [6.45, 7) is 5.20. The molecule has 1 unspecified atom stereocenters. The van der Waals surface area contributed by atoms with Crippen LogP contribution in [0.5, 0.6) is 0 Å². The first kappa shape index (κ1) is 13.2. The van der Waals surface area contributed by atoms with Crippen molar-refractivity contribution in [2.45, 2.75) is 58.4 Å². The van der Waals surface area contributed by atoms with Crippen LogP contribution < -0.4 is 5.73 Å².